The Morgan fingerprint density at radius 1 is 0.696 bits per heavy atom. The summed E-state index contributed by atoms with van der Waals surface area (Å²) in [6.45, 7) is 0. The Morgan fingerprint density at radius 3 is 1.13 bits per heavy atom. The summed E-state index contributed by atoms with van der Waals surface area (Å²) in [4.78, 5) is 0. The number of aryl methyl sites for hydroxylation is 2. The van der Waals surface area contributed by atoms with Crippen LogP contribution in [0.1, 0.15) is 11.1 Å². The van der Waals surface area contributed by atoms with Gasteiger partial charge in [0.05, 0.1) is 0 Å². The van der Waals surface area contributed by atoms with Gasteiger partial charge in [-0.25, -0.2) is 0 Å². The minimum absolute atomic E-state index is 0. The first-order valence-corrected chi connectivity index (χ1v) is 8.06. The quantitative estimate of drug-likeness (QED) is 0.448. The van der Waals surface area contributed by atoms with Crippen molar-refractivity contribution in [2.24, 2.45) is 11.5 Å². The van der Waals surface area contributed by atoms with Gasteiger partial charge < -0.3 is 61.2 Å². The zero-order valence-corrected chi connectivity index (χ0v) is 16.5. The van der Waals surface area contributed by atoms with Gasteiger partial charge in [-0.15, -0.1) is 0 Å². The molecule has 7 heteroatoms. The third kappa shape index (κ3) is 19.1. The van der Waals surface area contributed by atoms with E-state index in [-0.39, 0.29) is 25.1 Å². The van der Waals surface area contributed by atoms with Gasteiger partial charge in [0.25, 0.3) is 0 Å². The smallest absolute Gasteiger partial charge is 0.415 e. The Hall–Kier alpha value is -0.846. The summed E-state index contributed by atoms with van der Waals surface area (Å²) in [7, 11) is 0. The van der Waals surface area contributed by atoms with Gasteiger partial charge in [-0.2, -0.15) is 0 Å². The van der Waals surface area contributed by atoms with Crippen LogP contribution in [0, 0.1) is 0 Å². The molecule has 0 radical (unpaired) electrons. The molecule has 0 fully saturated rings. The predicted octanol–water partition coefficient (Wildman–Crippen LogP) is 3.02. The molecule has 0 bridgehead atoms. The van der Waals surface area contributed by atoms with Crippen LogP contribution < -0.4 is 11.5 Å². The number of nitrogens with two attached hydrogens (primary N) is 2. The largest absolute Gasteiger partial charge is 2.00 e. The summed E-state index contributed by atoms with van der Waals surface area (Å²) in [6, 6.07) is 21.2. The average Bonchev–Trinajstić information content (AvgIpc) is 2.46. The van der Waals surface area contributed by atoms with Crippen LogP contribution in [0.3, 0.4) is 0 Å². The summed E-state index contributed by atoms with van der Waals surface area (Å²) >= 11 is 16.5. The maximum atomic E-state index is 4.66. The van der Waals surface area contributed by atoms with Crippen LogP contribution in [0.25, 0.3) is 0 Å². The minimum atomic E-state index is 0. The van der Waals surface area contributed by atoms with Crippen molar-refractivity contribution in [2.75, 3.05) is 0 Å². The van der Waals surface area contributed by atoms with Gasteiger partial charge in [0.1, 0.15) is 0 Å². The van der Waals surface area contributed by atoms with Crippen molar-refractivity contribution in [3.63, 3.8) is 0 Å². The molecule has 4 N–H and O–H groups in total. The number of hydrogen-bond donors (Lipinski definition) is 2. The fourth-order valence-electron chi connectivity index (χ4n) is 1.58. The molecule has 0 unspecified atom stereocenters. The van der Waals surface area contributed by atoms with E-state index in [2.05, 4.69) is 122 Å². The van der Waals surface area contributed by atoms with Gasteiger partial charge in [0, 0.05) is 0 Å². The molecule has 0 aromatic heterocycles. The fraction of sp³-hybridized carbons (Fsp3) is 0.125. The van der Waals surface area contributed by atoms with Gasteiger partial charge >= 0.3 is 16.5 Å². The molecular formula is C16H18N2NiS4. The first kappa shape index (κ1) is 24.4. The summed E-state index contributed by atoms with van der Waals surface area (Å²) < 4.78 is 0.167. The van der Waals surface area contributed by atoms with E-state index in [1.54, 1.807) is 0 Å². The monoisotopic (exact) mass is 424 g/mol. The van der Waals surface area contributed by atoms with Crippen LogP contribution in [0.15, 0.2) is 60.7 Å². The van der Waals surface area contributed by atoms with Crippen molar-refractivity contribution in [1.29, 1.82) is 0 Å². The maximum absolute atomic E-state index is 4.66. The first-order chi connectivity index (χ1) is 10.4. The molecule has 0 aliphatic carbocycles. The molecule has 0 saturated heterocycles. The van der Waals surface area contributed by atoms with Crippen LogP contribution in [0.5, 0.6) is 0 Å². The van der Waals surface area contributed by atoms with Gasteiger partial charge in [0.15, 0.2) is 0 Å². The standard InChI is InChI=1S/C14H14.2CH3NS2.Ni/c1-3-7-13(8-4-1)11-12-14-9-5-2-6-10-14;2*2-1(3)4;/h1-10H,11-12H2;2*(H3,2,3,4);/q;;;+2/p-2. The predicted molar refractivity (Wildman–Crippen MR) is 109 cm³/mol. The summed E-state index contributed by atoms with van der Waals surface area (Å²) in [6.07, 6.45) is 2.26. The van der Waals surface area contributed by atoms with E-state index in [0.29, 0.717) is 0 Å². The third-order valence-electron chi connectivity index (χ3n) is 2.39. The fourth-order valence-corrected chi connectivity index (χ4v) is 1.58. The molecule has 126 valence electrons. The van der Waals surface area contributed by atoms with E-state index in [9.17, 15) is 0 Å². The van der Waals surface area contributed by atoms with E-state index < -0.39 is 0 Å². The number of hydrogen-bond acceptors (Lipinski definition) is 4. The van der Waals surface area contributed by atoms with E-state index in [0.717, 1.165) is 12.8 Å². The Balaban J connectivity index is 0. The van der Waals surface area contributed by atoms with Crippen molar-refractivity contribution in [2.45, 2.75) is 12.8 Å². The van der Waals surface area contributed by atoms with E-state index in [1.165, 1.54) is 11.1 Å². The van der Waals surface area contributed by atoms with Gasteiger partial charge in [-0.3, -0.25) is 0 Å². The molecule has 2 rings (SSSR count). The minimum Gasteiger partial charge on any atom is -0.415 e. The second-order valence-electron chi connectivity index (χ2n) is 4.11. The van der Waals surface area contributed by atoms with E-state index >= 15 is 0 Å². The van der Waals surface area contributed by atoms with Crippen molar-refractivity contribution in [3.05, 3.63) is 71.8 Å². The van der Waals surface area contributed by atoms with Crippen molar-refractivity contribution >= 4 is 58.3 Å². The van der Waals surface area contributed by atoms with Gasteiger partial charge in [-0.05, 0) is 24.0 Å². The molecule has 0 saturated carbocycles. The van der Waals surface area contributed by atoms with Crippen molar-refractivity contribution < 1.29 is 16.5 Å². The Morgan fingerprint density at radius 2 is 0.913 bits per heavy atom. The second kappa shape index (κ2) is 16.0. The normalized spacial score (nSPS) is 8.17. The molecule has 0 aliphatic heterocycles. The summed E-state index contributed by atoms with van der Waals surface area (Å²) in [5.74, 6) is 0. The molecule has 0 spiro atoms. The molecule has 0 amide bonds. The van der Waals surface area contributed by atoms with Crippen molar-refractivity contribution in [1.82, 2.24) is 0 Å². The molecule has 0 heterocycles. The zero-order chi connectivity index (χ0) is 16.8. The molecule has 2 nitrogen and oxygen atoms in total. The zero-order valence-electron chi connectivity index (χ0n) is 12.3. The van der Waals surface area contributed by atoms with Crippen LogP contribution in [0.2, 0.25) is 0 Å². The SMILES string of the molecule is NC(=S)[S-].NC(=S)[S-].[Ni+2].c1ccc(CCc2ccccc2)cc1. The topological polar surface area (TPSA) is 52.0 Å². The van der Waals surface area contributed by atoms with Crippen LogP contribution >= 0.6 is 24.4 Å². The number of thiocarbonyl (C=S) groups is 2. The van der Waals surface area contributed by atoms with Crippen LogP contribution in [0.4, 0.5) is 0 Å². The van der Waals surface area contributed by atoms with Crippen LogP contribution in [-0.2, 0) is 54.6 Å². The Bertz CT molecular complexity index is 491. The summed E-state index contributed by atoms with van der Waals surface area (Å²) in [5.41, 5.74) is 12.1. The molecule has 2 aromatic rings. The Kier molecular flexibility index (Phi) is 17.0. The number of rotatable bonds is 3. The van der Waals surface area contributed by atoms with Crippen LogP contribution in [-0.4, -0.2) is 8.64 Å². The summed E-state index contributed by atoms with van der Waals surface area (Å²) in [5, 5.41) is 0. The Labute approximate surface area is 170 Å². The molecular weight excluding hydrogens is 407 g/mol. The maximum Gasteiger partial charge on any atom is 2.00 e. The number of benzene rings is 2. The van der Waals surface area contributed by atoms with Gasteiger partial charge in [-0.1, -0.05) is 69.3 Å². The molecule has 23 heavy (non-hydrogen) atoms. The van der Waals surface area contributed by atoms with Crippen molar-refractivity contribution in [3.8, 4) is 0 Å². The second-order valence-corrected chi connectivity index (χ2v) is 6.39. The first-order valence-electron chi connectivity index (χ1n) is 6.42. The molecule has 2 aromatic carbocycles. The average molecular weight is 425 g/mol. The van der Waals surface area contributed by atoms with Gasteiger partial charge in [0.2, 0.25) is 0 Å². The third-order valence-corrected chi connectivity index (χ3v) is 2.39. The molecule has 0 atom stereocenters. The van der Waals surface area contributed by atoms with E-state index in [1.807, 2.05) is 0 Å². The van der Waals surface area contributed by atoms with E-state index in [4.69, 9.17) is 0 Å². The molecule has 0 aliphatic rings.